The van der Waals surface area contributed by atoms with Crippen LogP contribution in [-0.4, -0.2) is 28.4 Å². The number of aromatic nitrogens is 1. The molecule has 2 aromatic rings. The molecule has 1 atom stereocenters. The molecule has 1 saturated heterocycles. The number of amides is 2. The summed E-state index contributed by atoms with van der Waals surface area (Å²) in [6, 6.07) is 9.56. The number of carbonyl (C=O) groups excluding carboxylic acids is 2. The molecule has 0 radical (unpaired) electrons. The highest BCUT2D eigenvalue weighted by Gasteiger charge is 2.31. The van der Waals surface area contributed by atoms with Gasteiger partial charge in [-0.2, -0.15) is 0 Å². The third-order valence-corrected chi connectivity index (χ3v) is 4.10. The Bertz CT molecular complexity index is 680. The summed E-state index contributed by atoms with van der Waals surface area (Å²) >= 11 is 0. The van der Waals surface area contributed by atoms with Crippen LogP contribution >= 0.6 is 0 Å². The van der Waals surface area contributed by atoms with Crippen molar-refractivity contribution in [1.29, 1.82) is 0 Å². The Morgan fingerprint density at radius 2 is 2.00 bits per heavy atom. The van der Waals surface area contributed by atoms with Crippen LogP contribution in [0.5, 0.6) is 0 Å². The Labute approximate surface area is 134 Å². The fourth-order valence-corrected chi connectivity index (χ4v) is 2.89. The largest absolute Gasteiger partial charge is 0.363 e. The number of hydrogen-bond acceptors (Lipinski definition) is 4. The molecule has 2 amide bonds. The van der Waals surface area contributed by atoms with Gasteiger partial charge < -0.3 is 9.42 Å². The van der Waals surface area contributed by atoms with Crippen LogP contribution in [0.1, 0.15) is 36.4 Å². The van der Waals surface area contributed by atoms with Gasteiger partial charge in [-0.25, -0.2) is 0 Å². The first kappa shape index (κ1) is 15.3. The third kappa shape index (κ3) is 3.41. The van der Waals surface area contributed by atoms with E-state index in [0.717, 1.165) is 24.8 Å². The molecule has 1 aliphatic heterocycles. The maximum atomic E-state index is 12.5. The lowest BCUT2D eigenvalue weighted by Crippen LogP contribution is -2.44. The molecule has 2 heterocycles. The Kier molecular flexibility index (Phi) is 4.41. The molecule has 1 aliphatic rings. The molecule has 0 spiro atoms. The third-order valence-electron chi connectivity index (χ3n) is 4.10. The van der Waals surface area contributed by atoms with Crippen molar-refractivity contribution in [3.63, 3.8) is 0 Å². The first-order chi connectivity index (χ1) is 11.1. The van der Waals surface area contributed by atoms with Gasteiger partial charge in [0.2, 0.25) is 0 Å². The van der Waals surface area contributed by atoms with Crippen LogP contribution < -0.4 is 5.32 Å². The molecule has 3 rings (SSSR count). The van der Waals surface area contributed by atoms with Gasteiger partial charge in [0, 0.05) is 12.6 Å². The first-order valence-corrected chi connectivity index (χ1v) is 7.74. The Morgan fingerprint density at radius 3 is 2.70 bits per heavy atom. The van der Waals surface area contributed by atoms with Gasteiger partial charge in [0.15, 0.2) is 5.82 Å². The fraction of sp³-hybridized carbons (Fsp3) is 0.353. The molecule has 120 valence electrons. The molecule has 0 unspecified atom stereocenters. The van der Waals surface area contributed by atoms with Crippen molar-refractivity contribution in [2.24, 2.45) is 0 Å². The number of carbonyl (C=O) groups is 2. The number of piperidine rings is 1. The van der Waals surface area contributed by atoms with Gasteiger partial charge >= 0.3 is 11.8 Å². The van der Waals surface area contributed by atoms with Gasteiger partial charge in [0.05, 0.1) is 6.04 Å². The van der Waals surface area contributed by atoms with Gasteiger partial charge in [-0.05, 0) is 31.7 Å². The van der Waals surface area contributed by atoms with E-state index in [4.69, 9.17) is 0 Å². The summed E-state index contributed by atoms with van der Waals surface area (Å²) in [5.74, 6) is -0.969. The van der Waals surface area contributed by atoms with E-state index in [-0.39, 0.29) is 11.9 Å². The van der Waals surface area contributed by atoms with Crippen molar-refractivity contribution in [2.75, 3.05) is 11.9 Å². The molecule has 23 heavy (non-hydrogen) atoms. The minimum atomic E-state index is -0.682. The van der Waals surface area contributed by atoms with E-state index in [0.29, 0.717) is 6.54 Å². The molecule has 0 bridgehead atoms. The highest BCUT2D eigenvalue weighted by atomic mass is 16.5. The van der Waals surface area contributed by atoms with Crippen LogP contribution in [-0.2, 0) is 9.59 Å². The van der Waals surface area contributed by atoms with Gasteiger partial charge in [-0.1, -0.05) is 35.0 Å². The van der Waals surface area contributed by atoms with Crippen LogP contribution in [0.4, 0.5) is 5.82 Å². The molecule has 0 saturated carbocycles. The number of benzene rings is 1. The SMILES string of the molecule is Cc1ccc([C@H]2CCCCN2C(=O)C(=O)Nc2ccon2)cc1. The highest BCUT2D eigenvalue weighted by Crippen LogP contribution is 2.31. The summed E-state index contributed by atoms with van der Waals surface area (Å²) in [6.07, 6.45) is 4.17. The molecular formula is C17H19N3O3. The quantitative estimate of drug-likeness (QED) is 0.865. The van der Waals surface area contributed by atoms with E-state index >= 15 is 0 Å². The monoisotopic (exact) mass is 313 g/mol. The number of hydrogen-bond donors (Lipinski definition) is 1. The molecule has 1 aromatic heterocycles. The zero-order valence-corrected chi connectivity index (χ0v) is 13.0. The van der Waals surface area contributed by atoms with Gasteiger partial charge in [0.25, 0.3) is 0 Å². The second kappa shape index (κ2) is 6.64. The molecule has 1 fully saturated rings. The predicted octanol–water partition coefficient (Wildman–Crippen LogP) is 2.68. The Morgan fingerprint density at radius 1 is 1.22 bits per heavy atom. The number of anilines is 1. The molecule has 6 nitrogen and oxygen atoms in total. The zero-order chi connectivity index (χ0) is 16.2. The molecule has 1 aromatic carbocycles. The predicted molar refractivity (Wildman–Crippen MR) is 84.6 cm³/mol. The van der Waals surface area contributed by atoms with Gasteiger partial charge in [-0.15, -0.1) is 0 Å². The number of nitrogens with zero attached hydrogens (tertiary/aromatic N) is 2. The fourth-order valence-electron chi connectivity index (χ4n) is 2.89. The zero-order valence-electron chi connectivity index (χ0n) is 13.0. The Balaban J connectivity index is 1.76. The maximum absolute atomic E-state index is 12.5. The van der Waals surface area contributed by atoms with Crippen molar-refractivity contribution in [1.82, 2.24) is 10.1 Å². The van der Waals surface area contributed by atoms with E-state index in [1.807, 2.05) is 31.2 Å². The molecule has 1 N–H and O–H groups in total. The number of likely N-dealkylation sites (tertiary alicyclic amines) is 1. The average molecular weight is 313 g/mol. The lowest BCUT2D eigenvalue weighted by Gasteiger charge is -2.35. The highest BCUT2D eigenvalue weighted by molar-refractivity contribution is 6.39. The summed E-state index contributed by atoms with van der Waals surface area (Å²) in [5, 5.41) is 6.06. The van der Waals surface area contributed by atoms with Crippen molar-refractivity contribution in [3.8, 4) is 0 Å². The molecular weight excluding hydrogens is 294 g/mol. The number of aryl methyl sites for hydroxylation is 1. The van der Waals surface area contributed by atoms with Gasteiger partial charge in [0.1, 0.15) is 6.26 Å². The van der Waals surface area contributed by atoms with Crippen molar-refractivity contribution >= 4 is 17.6 Å². The van der Waals surface area contributed by atoms with Crippen LogP contribution in [0.2, 0.25) is 0 Å². The van der Waals surface area contributed by atoms with Crippen molar-refractivity contribution in [3.05, 3.63) is 47.7 Å². The molecule has 6 heteroatoms. The topological polar surface area (TPSA) is 75.4 Å². The second-order valence-electron chi connectivity index (χ2n) is 5.76. The standard InChI is InChI=1S/C17H19N3O3/c1-12-5-7-13(8-6-12)14-4-2-3-10-20(14)17(22)16(21)18-15-9-11-23-19-15/h5-9,11,14H,2-4,10H2,1H3,(H,18,19,21)/t14-/m1/s1. The summed E-state index contributed by atoms with van der Waals surface area (Å²) < 4.78 is 4.65. The minimum absolute atomic E-state index is 0.0556. The lowest BCUT2D eigenvalue weighted by atomic mass is 9.94. The Hall–Kier alpha value is -2.63. The van der Waals surface area contributed by atoms with Gasteiger partial charge in [-0.3, -0.25) is 14.9 Å². The van der Waals surface area contributed by atoms with Crippen molar-refractivity contribution in [2.45, 2.75) is 32.2 Å². The normalized spacial score (nSPS) is 17.8. The van der Waals surface area contributed by atoms with E-state index < -0.39 is 11.8 Å². The smallest absolute Gasteiger partial charge is 0.315 e. The summed E-state index contributed by atoms with van der Waals surface area (Å²) in [7, 11) is 0. The van der Waals surface area contributed by atoms with Crippen molar-refractivity contribution < 1.29 is 14.1 Å². The van der Waals surface area contributed by atoms with Crippen LogP contribution in [0.15, 0.2) is 41.1 Å². The lowest BCUT2D eigenvalue weighted by molar-refractivity contribution is -0.145. The minimum Gasteiger partial charge on any atom is -0.363 e. The average Bonchev–Trinajstić information content (AvgIpc) is 3.08. The second-order valence-corrected chi connectivity index (χ2v) is 5.76. The van der Waals surface area contributed by atoms with E-state index in [9.17, 15) is 9.59 Å². The first-order valence-electron chi connectivity index (χ1n) is 7.74. The number of rotatable bonds is 2. The summed E-state index contributed by atoms with van der Waals surface area (Å²) in [4.78, 5) is 26.3. The van der Waals surface area contributed by atoms with Crippen LogP contribution in [0.3, 0.4) is 0 Å². The maximum Gasteiger partial charge on any atom is 0.315 e. The van der Waals surface area contributed by atoms with E-state index in [1.54, 1.807) is 4.90 Å². The summed E-state index contributed by atoms with van der Waals surface area (Å²) in [6.45, 7) is 2.61. The summed E-state index contributed by atoms with van der Waals surface area (Å²) in [5.41, 5.74) is 2.24. The number of nitrogens with one attached hydrogen (secondary N) is 1. The van der Waals surface area contributed by atoms with Crippen LogP contribution in [0.25, 0.3) is 0 Å². The van der Waals surface area contributed by atoms with E-state index in [1.165, 1.54) is 17.9 Å². The molecule has 0 aliphatic carbocycles. The van der Waals surface area contributed by atoms with Crippen LogP contribution in [0, 0.1) is 6.92 Å². The van der Waals surface area contributed by atoms with E-state index in [2.05, 4.69) is 15.0 Å².